The molecule has 5 heteroatoms. The first kappa shape index (κ1) is 18.2. The average Bonchev–Trinajstić information content (AvgIpc) is 3.21. The predicted molar refractivity (Wildman–Crippen MR) is 105 cm³/mol. The lowest BCUT2D eigenvalue weighted by Crippen LogP contribution is -2.26. The first-order valence-electron chi connectivity index (χ1n) is 8.60. The van der Waals surface area contributed by atoms with E-state index >= 15 is 0 Å². The van der Waals surface area contributed by atoms with Crippen molar-refractivity contribution in [2.75, 3.05) is 5.32 Å². The third kappa shape index (κ3) is 5.19. The molecule has 3 aromatic rings. The predicted octanol–water partition coefficient (Wildman–Crippen LogP) is 4.42. The Morgan fingerprint density at radius 3 is 2.37 bits per heavy atom. The second kappa shape index (κ2) is 8.67. The highest BCUT2D eigenvalue weighted by atomic mass is 16.3. The Morgan fingerprint density at radius 1 is 0.963 bits per heavy atom. The van der Waals surface area contributed by atoms with Crippen molar-refractivity contribution in [3.05, 3.63) is 96.0 Å². The topological polar surface area (TPSA) is 71.3 Å². The summed E-state index contributed by atoms with van der Waals surface area (Å²) in [6.07, 6.45) is 4.52. The molecule has 0 spiro atoms. The van der Waals surface area contributed by atoms with Crippen molar-refractivity contribution in [3.8, 4) is 0 Å². The number of furan rings is 1. The molecule has 0 radical (unpaired) electrons. The Bertz CT molecular complexity index is 914. The molecule has 0 bridgehead atoms. The minimum absolute atomic E-state index is 0.0928. The van der Waals surface area contributed by atoms with Gasteiger partial charge in [-0.1, -0.05) is 30.3 Å². The molecule has 2 N–H and O–H groups in total. The minimum Gasteiger partial charge on any atom is -0.465 e. The molecule has 27 heavy (non-hydrogen) atoms. The number of amides is 2. The van der Waals surface area contributed by atoms with Gasteiger partial charge in [0.1, 0.15) is 5.76 Å². The van der Waals surface area contributed by atoms with Gasteiger partial charge in [0.05, 0.1) is 12.3 Å². The fraction of sp³-hybridized carbons (Fsp3) is 0.0909. The number of rotatable bonds is 6. The molecule has 0 aliphatic rings. The van der Waals surface area contributed by atoms with E-state index < -0.39 is 0 Å². The van der Waals surface area contributed by atoms with Gasteiger partial charge in [0.2, 0.25) is 5.91 Å². The number of nitrogens with one attached hydrogen (secondary N) is 2. The van der Waals surface area contributed by atoms with Crippen LogP contribution in [0.25, 0.3) is 6.08 Å². The third-order valence-electron chi connectivity index (χ3n) is 4.00. The van der Waals surface area contributed by atoms with Crippen LogP contribution in [0.5, 0.6) is 0 Å². The van der Waals surface area contributed by atoms with E-state index in [0.29, 0.717) is 17.0 Å². The van der Waals surface area contributed by atoms with E-state index in [4.69, 9.17) is 4.42 Å². The standard InChI is InChI=1S/C22H20N2O3/c1-16(17-6-3-2-4-7-17)23-22(26)18-9-11-19(12-10-18)24-21(25)14-13-20-8-5-15-27-20/h2-16H,1H3,(H,23,26)(H,24,25)/b14-13+. The molecule has 5 nitrogen and oxygen atoms in total. The zero-order valence-electron chi connectivity index (χ0n) is 14.9. The van der Waals surface area contributed by atoms with E-state index in [-0.39, 0.29) is 17.9 Å². The lowest BCUT2D eigenvalue weighted by atomic mass is 10.1. The SMILES string of the molecule is CC(NC(=O)c1ccc(NC(=O)/C=C/c2ccco2)cc1)c1ccccc1. The lowest BCUT2D eigenvalue weighted by Gasteiger charge is -2.14. The van der Waals surface area contributed by atoms with Crippen LogP contribution in [0, 0.1) is 0 Å². The Kier molecular flexibility index (Phi) is 5.84. The number of anilines is 1. The molecule has 0 saturated carbocycles. The van der Waals surface area contributed by atoms with Gasteiger partial charge in [-0.2, -0.15) is 0 Å². The van der Waals surface area contributed by atoms with Gasteiger partial charge >= 0.3 is 0 Å². The summed E-state index contributed by atoms with van der Waals surface area (Å²) >= 11 is 0. The maximum atomic E-state index is 12.4. The van der Waals surface area contributed by atoms with Crippen LogP contribution in [0.4, 0.5) is 5.69 Å². The number of hydrogen-bond donors (Lipinski definition) is 2. The van der Waals surface area contributed by atoms with Crippen LogP contribution in [0.15, 0.2) is 83.5 Å². The summed E-state index contributed by atoms with van der Waals surface area (Å²) in [5, 5.41) is 5.70. The molecular weight excluding hydrogens is 340 g/mol. The normalized spacial score (nSPS) is 11.9. The zero-order valence-corrected chi connectivity index (χ0v) is 14.9. The van der Waals surface area contributed by atoms with Gasteiger partial charge in [-0.05, 0) is 55.0 Å². The molecule has 0 aliphatic heterocycles. The van der Waals surface area contributed by atoms with Crippen molar-refractivity contribution in [1.82, 2.24) is 5.32 Å². The van der Waals surface area contributed by atoms with E-state index in [9.17, 15) is 9.59 Å². The van der Waals surface area contributed by atoms with Gasteiger partial charge in [0.25, 0.3) is 5.91 Å². The van der Waals surface area contributed by atoms with Crippen molar-refractivity contribution in [3.63, 3.8) is 0 Å². The van der Waals surface area contributed by atoms with E-state index in [1.165, 1.54) is 6.08 Å². The summed E-state index contributed by atoms with van der Waals surface area (Å²) < 4.78 is 5.13. The largest absolute Gasteiger partial charge is 0.465 e. The highest BCUT2D eigenvalue weighted by Crippen LogP contribution is 2.14. The molecule has 1 aromatic heterocycles. The fourth-order valence-corrected chi connectivity index (χ4v) is 2.54. The number of benzene rings is 2. The molecule has 0 fully saturated rings. The Labute approximate surface area is 157 Å². The molecule has 0 aliphatic carbocycles. The quantitative estimate of drug-likeness (QED) is 0.639. The summed E-state index contributed by atoms with van der Waals surface area (Å²) in [6, 6.07) is 19.9. The Hall–Kier alpha value is -3.60. The highest BCUT2D eigenvalue weighted by molar-refractivity contribution is 6.02. The van der Waals surface area contributed by atoms with Gasteiger partial charge in [-0.3, -0.25) is 9.59 Å². The zero-order chi connectivity index (χ0) is 19.1. The fourth-order valence-electron chi connectivity index (χ4n) is 2.54. The minimum atomic E-state index is -0.277. The molecule has 2 amide bonds. The average molecular weight is 360 g/mol. The van der Waals surface area contributed by atoms with Gasteiger partial charge in [0, 0.05) is 17.3 Å². The number of carbonyl (C=O) groups excluding carboxylic acids is 2. The van der Waals surface area contributed by atoms with Crippen LogP contribution in [-0.4, -0.2) is 11.8 Å². The van der Waals surface area contributed by atoms with Crippen LogP contribution in [0.2, 0.25) is 0 Å². The van der Waals surface area contributed by atoms with Gasteiger partial charge in [-0.25, -0.2) is 0 Å². The van der Waals surface area contributed by atoms with Crippen LogP contribution in [0.3, 0.4) is 0 Å². The van der Waals surface area contributed by atoms with Crippen molar-refractivity contribution in [2.45, 2.75) is 13.0 Å². The first-order valence-corrected chi connectivity index (χ1v) is 8.60. The molecule has 136 valence electrons. The maximum absolute atomic E-state index is 12.4. The molecule has 0 saturated heterocycles. The lowest BCUT2D eigenvalue weighted by molar-refractivity contribution is -0.111. The second-order valence-corrected chi connectivity index (χ2v) is 6.02. The van der Waals surface area contributed by atoms with Gasteiger partial charge in [-0.15, -0.1) is 0 Å². The van der Waals surface area contributed by atoms with Crippen LogP contribution >= 0.6 is 0 Å². The van der Waals surface area contributed by atoms with Crippen LogP contribution < -0.4 is 10.6 Å². The summed E-state index contributed by atoms with van der Waals surface area (Å²) in [5.41, 5.74) is 2.18. The Morgan fingerprint density at radius 2 is 1.70 bits per heavy atom. The summed E-state index contributed by atoms with van der Waals surface area (Å²) in [5.74, 6) is 0.160. The molecule has 1 heterocycles. The summed E-state index contributed by atoms with van der Waals surface area (Å²) in [7, 11) is 0. The molecule has 3 rings (SSSR count). The monoisotopic (exact) mass is 360 g/mol. The summed E-state index contributed by atoms with van der Waals surface area (Å²) in [4.78, 5) is 24.3. The number of hydrogen-bond acceptors (Lipinski definition) is 3. The number of carbonyl (C=O) groups is 2. The van der Waals surface area contributed by atoms with Crippen LogP contribution in [0.1, 0.15) is 34.6 Å². The highest BCUT2D eigenvalue weighted by Gasteiger charge is 2.11. The van der Waals surface area contributed by atoms with Crippen molar-refractivity contribution in [2.24, 2.45) is 0 Å². The maximum Gasteiger partial charge on any atom is 0.251 e. The van der Waals surface area contributed by atoms with Crippen molar-refractivity contribution >= 4 is 23.6 Å². The van der Waals surface area contributed by atoms with E-state index in [2.05, 4.69) is 10.6 Å². The third-order valence-corrected chi connectivity index (χ3v) is 4.00. The van der Waals surface area contributed by atoms with E-state index in [0.717, 1.165) is 5.56 Å². The van der Waals surface area contributed by atoms with Gasteiger partial charge < -0.3 is 15.1 Å². The second-order valence-electron chi connectivity index (χ2n) is 6.02. The van der Waals surface area contributed by atoms with Crippen molar-refractivity contribution < 1.29 is 14.0 Å². The van der Waals surface area contributed by atoms with Crippen LogP contribution in [-0.2, 0) is 4.79 Å². The van der Waals surface area contributed by atoms with E-state index in [1.807, 2.05) is 37.3 Å². The molecule has 1 unspecified atom stereocenters. The van der Waals surface area contributed by atoms with Gasteiger partial charge in [0.15, 0.2) is 0 Å². The first-order chi connectivity index (χ1) is 13.1. The Balaban J connectivity index is 1.56. The van der Waals surface area contributed by atoms with Crippen molar-refractivity contribution in [1.29, 1.82) is 0 Å². The molecule has 1 atom stereocenters. The molecular formula is C22H20N2O3. The summed E-state index contributed by atoms with van der Waals surface area (Å²) in [6.45, 7) is 1.94. The smallest absolute Gasteiger partial charge is 0.251 e. The van der Waals surface area contributed by atoms with E-state index in [1.54, 1.807) is 48.7 Å². The molecule has 2 aromatic carbocycles.